The first-order valence-corrected chi connectivity index (χ1v) is 12.4. The molecule has 2 aliphatic rings. The van der Waals surface area contributed by atoms with E-state index in [-0.39, 0.29) is 5.91 Å². The molecule has 1 atom stereocenters. The second-order valence-corrected chi connectivity index (χ2v) is 10.0. The van der Waals surface area contributed by atoms with E-state index in [0.29, 0.717) is 18.0 Å². The molecule has 0 spiro atoms. The lowest BCUT2D eigenvalue weighted by molar-refractivity contribution is -0.150. The van der Waals surface area contributed by atoms with Gasteiger partial charge in [0, 0.05) is 44.4 Å². The third-order valence-electron chi connectivity index (χ3n) is 7.67. The number of anilines is 1. The first-order chi connectivity index (χ1) is 16.2. The number of aryl methyl sites for hydroxylation is 1. The van der Waals surface area contributed by atoms with E-state index in [1.54, 1.807) is 0 Å². The Morgan fingerprint density at radius 3 is 2.53 bits per heavy atom. The summed E-state index contributed by atoms with van der Waals surface area (Å²) >= 11 is 0. The van der Waals surface area contributed by atoms with Gasteiger partial charge in [-0.3, -0.25) is 9.69 Å². The molecule has 1 aromatic heterocycles. The Labute approximate surface area is 202 Å². The number of aromatic nitrogens is 1. The summed E-state index contributed by atoms with van der Waals surface area (Å²) in [5.41, 5.74) is 9.67. The number of aromatic hydroxyl groups is 1. The lowest BCUT2D eigenvalue weighted by atomic mass is 9.86. The van der Waals surface area contributed by atoms with Gasteiger partial charge in [0.2, 0.25) is 0 Å². The van der Waals surface area contributed by atoms with Gasteiger partial charge < -0.3 is 20.5 Å². The number of hydrogen-bond acceptors (Lipinski definition) is 6. The molecule has 7 heteroatoms. The van der Waals surface area contributed by atoms with E-state index < -0.39 is 5.60 Å². The molecule has 1 aromatic carbocycles. The van der Waals surface area contributed by atoms with Gasteiger partial charge in [-0.15, -0.1) is 0 Å². The normalized spacial score (nSPS) is 20.6. The molecular weight excluding hydrogens is 428 g/mol. The average molecular weight is 467 g/mol. The molecule has 7 nitrogen and oxygen atoms in total. The van der Waals surface area contributed by atoms with Gasteiger partial charge in [-0.2, -0.15) is 0 Å². The van der Waals surface area contributed by atoms with Crippen molar-refractivity contribution in [3.63, 3.8) is 0 Å². The lowest BCUT2D eigenvalue weighted by Crippen LogP contribution is -2.57. The van der Waals surface area contributed by atoms with Gasteiger partial charge in [-0.25, -0.2) is 4.98 Å². The van der Waals surface area contributed by atoms with Crippen LogP contribution in [0.15, 0.2) is 18.3 Å². The van der Waals surface area contributed by atoms with Crippen LogP contribution in [0.25, 0.3) is 0 Å². The molecule has 3 heterocycles. The highest BCUT2D eigenvalue weighted by Gasteiger charge is 2.43. The summed E-state index contributed by atoms with van der Waals surface area (Å²) in [6.07, 6.45) is 6.48. The van der Waals surface area contributed by atoms with Gasteiger partial charge in [-0.05, 0) is 88.2 Å². The molecule has 4 rings (SSSR count). The zero-order chi connectivity index (χ0) is 24.5. The number of carbonyl (C=O) groups is 1. The summed E-state index contributed by atoms with van der Waals surface area (Å²) < 4.78 is 6.41. The van der Waals surface area contributed by atoms with Crippen molar-refractivity contribution in [2.75, 3.05) is 38.5 Å². The lowest BCUT2D eigenvalue weighted by Gasteiger charge is -2.42. The zero-order valence-electron chi connectivity index (χ0n) is 21.0. The van der Waals surface area contributed by atoms with Crippen molar-refractivity contribution in [3.05, 3.63) is 46.1 Å². The number of unbranched alkanes of at least 4 members (excludes halogenated alkanes) is 1. The SMILES string of the molecule is Cc1c(C)c2c(c(C)c1O)CCC(C)(C(=O)N1CCN(CCCCc3ccc(N)nc3)CC1)O2. The summed E-state index contributed by atoms with van der Waals surface area (Å²) in [5.74, 6) is 1.77. The van der Waals surface area contributed by atoms with Crippen LogP contribution >= 0.6 is 0 Å². The van der Waals surface area contributed by atoms with Crippen molar-refractivity contribution >= 4 is 11.7 Å². The first-order valence-electron chi connectivity index (χ1n) is 12.4. The molecule has 0 radical (unpaired) electrons. The van der Waals surface area contributed by atoms with Gasteiger partial charge in [-0.1, -0.05) is 6.07 Å². The number of pyridine rings is 1. The summed E-state index contributed by atoms with van der Waals surface area (Å²) in [4.78, 5) is 22.1. The minimum absolute atomic E-state index is 0.0800. The van der Waals surface area contributed by atoms with E-state index in [9.17, 15) is 9.90 Å². The van der Waals surface area contributed by atoms with Crippen molar-refractivity contribution in [2.45, 2.75) is 65.4 Å². The number of piperazine rings is 1. The van der Waals surface area contributed by atoms with E-state index in [4.69, 9.17) is 10.5 Å². The molecule has 34 heavy (non-hydrogen) atoms. The number of nitrogen functional groups attached to an aromatic ring is 1. The number of nitrogens with two attached hydrogens (primary N) is 1. The van der Waals surface area contributed by atoms with Gasteiger partial charge in [0.15, 0.2) is 5.60 Å². The fraction of sp³-hybridized carbons (Fsp3) is 0.556. The Bertz CT molecular complexity index is 1050. The van der Waals surface area contributed by atoms with Crippen LogP contribution in [0.3, 0.4) is 0 Å². The number of fused-ring (bicyclic) bond motifs is 1. The molecule has 1 amide bonds. The Balaban J connectivity index is 1.28. The molecule has 184 valence electrons. The number of phenols is 1. The topological polar surface area (TPSA) is 91.9 Å². The number of nitrogens with zero attached hydrogens (tertiary/aromatic N) is 3. The standard InChI is InChI=1S/C27H38N4O3/c1-18-19(2)25-22(20(3)24(18)32)10-11-27(4,34-25)26(33)31-15-13-30(14-16-31)12-6-5-7-21-8-9-23(28)29-17-21/h8-9,17,32H,5-7,10-16H2,1-4H3,(H2,28,29). The number of hydrogen-bond donors (Lipinski definition) is 2. The minimum Gasteiger partial charge on any atom is -0.507 e. The molecule has 3 N–H and O–H groups in total. The van der Waals surface area contributed by atoms with E-state index in [1.165, 1.54) is 5.56 Å². The quantitative estimate of drug-likeness (QED) is 0.633. The number of phenolic OH excluding ortho intramolecular Hbond substituents is 1. The summed E-state index contributed by atoms with van der Waals surface area (Å²) in [6.45, 7) is 12.0. The summed E-state index contributed by atoms with van der Waals surface area (Å²) in [7, 11) is 0. The number of ether oxygens (including phenoxy) is 1. The molecule has 0 aliphatic carbocycles. The van der Waals surface area contributed by atoms with Crippen LogP contribution in [0.4, 0.5) is 5.82 Å². The van der Waals surface area contributed by atoms with Crippen LogP contribution in [0, 0.1) is 20.8 Å². The monoisotopic (exact) mass is 466 g/mol. The van der Waals surface area contributed by atoms with Crippen molar-refractivity contribution in [2.24, 2.45) is 0 Å². The molecule has 0 saturated carbocycles. The number of carbonyl (C=O) groups excluding carboxylic acids is 1. The maximum Gasteiger partial charge on any atom is 0.266 e. The van der Waals surface area contributed by atoms with Gasteiger partial charge in [0.05, 0.1) is 0 Å². The number of rotatable bonds is 6. The van der Waals surface area contributed by atoms with Crippen molar-refractivity contribution < 1.29 is 14.6 Å². The van der Waals surface area contributed by atoms with Crippen LogP contribution in [0.1, 0.15) is 54.0 Å². The Morgan fingerprint density at radius 1 is 1.12 bits per heavy atom. The second kappa shape index (κ2) is 9.82. The van der Waals surface area contributed by atoms with E-state index in [2.05, 4.69) is 9.88 Å². The number of benzene rings is 1. The van der Waals surface area contributed by atoms with Crippen LogP contribution in [0.5, 0.6) is 11.5 Å². The third-order valence-corrected chi connectivity index (χ3v) is 7.67. The largest absolute Gasteiger partial charge is 0.507 e. The van der Waals surface area contributed by atoms with Crippen LogP contribution in [-0.4, -0.2) is 64.1 Å². The third kappa shape index (κ3) is 4.85. The molecule has 2 aliphatic heterocycles. The van der Waals surface area contributed by atoms with Crippen LogP contribution in [0.2, 0.25) is 0 Å². The molecule has 0 bridgehead atoms. The van der Waals surface area contributed by atoms with E-state index in [0.717, 1.165) is 86.4 Å². The highest BCUT2D eigenvalue weighted by molar-refractivity contribution is 5.86. The van der Waals surface area contributed by atoms with Gasteiger partial charge in [0.1, 0.15) is 17.3 Å². The maximum absolute atomic E-state index is 13.5. The van der Waals surface area contributed by atoms with Gasteiger partial charge in [0.25, 0.3) is 5.91 Å². The zero-order valence-corrected chi connectivity index (χ0v) is 21.0. The first kappa shape index (κ1) is 24.3. The molecule has 2 aromatic rings. The molecule has 1 fully saturated rings. The summed E-state index contributed by atoms with van der Waals surface area (Å²) in [6, 6.07) is 3.90. The highest BCUT2D eigenvalue weighted by Crippen LogP contribution is 2.43. The van der Waals surface area contributed by atoms with Crippen molar-refractivity contribution in [3.8, 4) is 11.5 Å². The Morgan fingerprint density at radius 2 is 1.85 bits per heavy atom. The van der Waals surface area contributed by atoms with Crippen LogP contribution < -0.4 is 10.5 Å². The average Bonchev–Trinajstić information content (AvgIpc) is 2.85. The van der Waals surface area contributed by atoms with Crippen LogP contribution in [-0.2, 0) is 17.6 Å². The molecule has 1 unspecified atom stereocenters. The van der Waals surface area contributed by atoms with Gasteiger partial charge >= 0.3 is 0 Å². The predicted octanol–water partition coefficient (Wildman–Crippen LogP) is 3.55. The fourth-order valence-electron chi connectivity index (χ4n) is 5.16. The van der Waals surface area contributed by atoms with E-state index >= 15 is 0 Å². The predicted molar refractivity (Wildman–Crippen MR) is 134 cm³/mol. The second-order valence-electron chi connectivity index (χ2n) is 10.0. The Hall–Kier alpha value is -2.80. The van der Waals surface area contributed by atoms with E-state index in [1.807, 2.05) is 50.9 Å². The van der Waals surface area contributed by atoms with Crippen molar-refractivity contribution in [1.29, 1.82) is 0 Å². The fourth-order valence-corrected chi connectivity index (χ4v) is 5.16. The highest BCUT2D eigenvalue weighted by atomic mass is 16.5. The number of amides is 1. The Kier molecular flexibility index (Phi) is 7.03. The summed E-state index contributed by atoms with van der Waals surface area (Å²) in [5, 5.41) is 10.4. The maximum atomic E-state index is 13.5. The van der Waals surface area contributed by atoms with Crippen molar-refractivity contribution in [1.82, 2.24) is 14.8 Å². The molecule has 1 saturated heterocycles. The minimum atomic E-state index is -0.858. The molecular formula is C27H38N4O3. The smallest absolute Gasteiger partial charge is 0.266 e.